The van der Waals surface area contributed by atoms with Gasteiger partial charge in [0.05, 0.1) is 6.42 Å². The third-order valence-electron chi connectivity index (χ3n) is 5.49. The number of nitrogens with zero attached hydrogens (tertiary/aromatic N) is 1. The average molecular weight is 350 g/mol. The van der Waals surface area contributed by atoms with Crippen molar-refractivity contribution in [3.05, 3.63) is 46.1 Å². The largest absolute Gasteiger partial charge is 0.390 e. The summed E-state index contributed by atoms with van der Waals surface area (Å²) in [5, 5.41) is 3.01. The molecule has 0 aromatic heterocycles. The number of carbonyl (C=O) groups excluding carboxylic acids is 1. The van der Waals surface area contributed by atoms with Crippen LogP contribution in [0.5, 0.6) is 0 Å². The highest BCUT2D eigenvalue weighted by Gasteiger charge is 2.35. The van der Waals surface area contributed by atoms with E-state index in [1.54, 1.807) is 0 Å². The number of likely N-dealkylation sites (tertiary alicyclic amines) is 1. The fraction of sp³-hybridized carbons (Fsp3) is 0.526. The SMILES string of the molecule is O=C(NCC1CCN(CCC(F)(F)F)CC1)C1=C2C=C3CC3=C2C=C1. The van der Waals surface area contributed by atoms with Crippen molar-refractivity contribution in [3.63, 3.8) is 0 Å². The predicted molar refractivity (Wildman–Crippen MR) is 88.7 cm³/mol. The Hall–Kier alpha value is -1.82. The fourth-order valence-electron chi connectivity index (χ4n) is 3.87. The summed E-state index contributed by atoms with van der Waals surface area (Å²) >= 11 is 0. The molecule has 6 heteroatoms. The highest BCUT2D eigenvalue weighted by Crippen LogP contribution is 2.51. The van der Waals surface area contributed by atoms with Crippen molar-refractivity contribution in [3.8, 4) is 0 Å². The van der Waals surface area contributed by atoms with Crippen molar-refractivity contribution in [2.45, 2.75) is 31.9 Å². The number of allylic oxidation sites excluding steroid dienone is 6. The number of hydrogen-bond donors (Lipinski definition) is 1. The van der Waals surface area contributed by atoms with Gasteiger partial charge in [0.2, 0.25) is 0 Å². The second-order valence-electron chi connectivity index (χ2n) is 7.26. The Bertz CT molecular complexity index is 719. The molecule has 134 valence electrons. The minimum absolute atomic E-state index is 0.0421. The van der Waals surface area contributed by atoms with Crippen molar-refractivity contribution in [1.82, 2.24) is 10.2 Å². The Morgan fingerprint density at radius 3 is 2.68 bits per heavy atom. The van der Waals surface area contributed by atoms with Gasteiger partial charge in [0.15, 0.2) is 0 Å². The number of amides is 1. The fourth-order valence-corrected chi connectivity index (χ4v) is 3.87. The van der Waals surface area contributed by atoms with Crippen LogP contribution in [0.2, 0.25) is 0 Å². The number of carbonyl (C=O) groups is 1. The van der Waals surface area contributed by atoms with Crippen LogP contribution in [-0.2, 0) is 4.79 Å². The summed E-state index contributed by atoms with van der Waals surface area (Å²) in [6.07, 6.45) is 3.92. The number of halogens is 3. The topological polar surface area (TPSA) is 32.3 Å². The molecule has 0 aromatic rings. The van der Waals surface area contributed by atoms with E-state index in [0.29, 0.717) is 25.6 Å². The van der Waals surface area contributed by atoms with E-state index in [1.807, 2.05) is 17.1 Å². The number of fused-ring (bicyclic) bond motifs is 2. The summed E-state index contributed by atoms with van der Waals surface area (Å²) < 4.78 is 36.8. The van der Waals surface area contributed by atoms with Crippen LogP contribution >= 0.6 is 0 Å². The molecule has 1 saturated heterocycles. The van der Waals surface area contributed by atoms with Gasteiger partial charge < -0.3 is 10.2 Å². The zero-order valence-corrected chi connectivity index (χ0v) is 14.0. The van der Waals surface area contributed by atoms with E-state index in [4.69, 9.17) is 0 Å². The van der Waals surface area contributed by atoms with Crippen molar-refractivity contribution < 1.29 is 18.0 Å². The maximum Gasteiger partial charge on any atom is 0.390 e. The van der Waals surface area contributed by atoms with Gasteiger partial charge >= 0.3 is 6.18 Å². The van der Waals surface area contributed by atoms with Crippen molar-refractivity contribution in [1.29, 1.82) is 0 Å². The quantitative estimate of drug-likeness (QED) is 0.825. The summed E-state index contributed by atoms with van der Waals surface area (Å²) in [7, 11) is 0. The Labute approximate surface area is 144 Å². The van der Waals surface area contributed by atoms with Gasteiger partial charge in [-0.3, -0.25) is 4.79 Å². The summed E-state index contributed by atoms with van der Waals surface area (Å²) in [6.45, 7) is 2.02. The first-order chi connectivity index (χ1) is 11.9. The molecule has 0 atom stereocenters. The van der Waals surface area contributed by atoms with Crippen LogP contribution in [0.1, 0.15) is 25.7 Å². The van der Waals surface area contributed by atoms with Gasteiger partial charge in [-0.25, -0.2) is 0 Å². The Morgan fingerprint density at radius 1 is 1.20 bits per heavy atom. The summed E-state index contributed by atoms with van der Waals surface area (Å²) in [6, 6.07) is 0. The molecule has 0 bridgehead atoms. The molecule has 0 radical (unpaired) electrons. The summed E-state index contributed by atoms with van der Waals surface area (Å²) in [5.74, 6) is 0.301. The molecule has 0 unspecified atom stereocenters. The van der Waals surface area contributed by atoms with Crippen molar-refractivity contribution in [2.75, 3.05) is 26.2 Å². The number of piperidine rings is 1. The van der Waals surface area contributed by atoms with Gasteiger partial charge in [-0.15, -0.1) is 0 Å². The minimum atomic E-state index is -4.08. The molecule has 2 fully saturated rings. The van der Waals surface area contributed by atoms with E-state index >= 15 is 0 Å². The molecule has 3 aliphatic carbocycles. The lowest BCUT2D eigenvalue weighted by atomic mass is 9.96. The monoisotopic (exact) mass is 350 g/mol. The first-order valence-corrected chi connectivity index (χ1v) is 8.85. The molecule has 1 amide bonds. The Kier molecular flexibility index (Phi) is 4.10. The van der Waals surface area contributed by atoms with Crippen LogP contribution < -0.4 is 5.32 Å². The van der Waals surface area contributed by atoms with Crippen LogP contribution in [0.25, 0.3) is 0 Å². The number of nitrogens with one attached hydrogen (secondary N) is 1. The molecule has 0 aromatic carbocycles. The lowest BCUT2D eigenvalue weighted by Gasteiger charge is -2.32. The molecular weight excluding hydrogens is 329 g/mol. The minimum Gasteiger partial charge on any atom is -0.352 e. The second-order valence-corrected chi connectivity index (χ2v) is 7.26. The lowest BCUT2D eigenvalue weighted by Crippen LogP contribution is -2.40. The van der Waals surface area contributed by atoms with Crippen molar-refractivity contribution in [2.24, 2.45) is 5.92 Å². The molecule has 4 rings (SSSR count). The van der Waals surface area contributed by atoms with Gasteiger partial charge in [0, 0.05) is 18.7 Å². The predicted octanol–water partition coefficient (Wildman–Crippen LogP) is 3.27. The molecule has 1 heterocycles. The number of rotatable bonds is 5. The van der Waals surface area contributed by atoms with Crippen LogP contribution in [0, 0.1) is 5.92 Å². The van der Waals surface area contributed by atoms with E-state index in [1.165, 1.54) is 16.7 Å². The highest BCUT2D eigenvalue weighted by molar-refractivity contribution is 6.01. The zero-order valence-electron chi connectivity index (χ0n) is 14.0. The van der Waals surface area contributed by atoms with Gasteiger partial charge in [-0.2, -0.15) is 13.2 Å². The number of hydrogen-bond acceptors (Lipinski definition) is 2. The molecule has 1 aliphatic heterocycles. The van der Waals surface area contributed by atoms with E-state index in [2.05, 4.69) is 11.4 Å². The zero-order chi connectivity index (χ0) is 17.6. The number of alkyl halides is 3. The Morgan fingerprint density at radius 2 is 1.96 bits per heavy atom. The average Bonchev–Trinajstić information content (AvgIpc) is 3.05. The van der Waals surface area contributed by atoms with Crippen LogP contribution in [0.3, 0.4) is 0 Å². The van der Waals surface area contributed by atoms with Gasteiger partial charge in [-0.1, -0.05) is 6.08 Å². The first-order valence-electron chi connectivity index (χ1n) is 8.85. The molecule has 25 heavy (non-hydrogen) atoms. The van der Waals surface area contributed by atoms with E-state index in [0.717, 1.165) is 30.4 Å². The van der Waals surface area contributed by atoms with Crippen molar-refractivity contribution >= 4 is 5.91 Å². The maximum atomic E-state index is 12.4. The standard InChI is InChI=1S/C19H21F3N2O/c20-19(21,22)5-8-24-6-3-12(4-7-24)11-23-18(25)15-2-1-14-16-9-13(16)10-17(14)15/h1-2,10,12H,3-9,11H2,(H,23,25). The molecular formula is C19H21F3N2O. The second kappa shape index (κ2) is 6.16. The van der Waals surface area contributed by atoms with Crippen LogP contribution in [-0.4, -0.2) is 43.2 Å². The third-order valence-corrected chi connectivity index (χ3v) is 5.49. The van der Waals surface area contributed by atoms with Crippen LogP contribution in [0.15, 0.2) is 46.1 Å². The van der Waals surface area contributed by atoms with E-state index < -0.39 is 12.6 Å². The summed E-state index contributed by atoms with van der Waals surface area (Å²) in [5.41, 5.74) is 5.73. The molecule has 1 saturated carbocycles. The van der Waals surface area contributed by atoms with Gasteiger partial charge in [0.25, 0.3) is 5.91 Å². The molecule has 1 N–H and O–H groups in total. The smallest absolute Gasteiger partial charge is 0.352 e. The normalized spacial score (nSPS) is 23.1. The third kappa shape index (κ3) is 3.59. The van der Waals surface area contributed by atoms with E-state index in [-0.39, 0.29) is 12.5 Å². The van der Waals surface area contributed by atoms with E-state index in [9.17, 15) is 18.0 Å². The van der Waals surface area contributed by atoms with Gasteiger partial charge in [-0.05, 0) is 72.7 Å². The van der Waals surface area contributed by atoms with Gasteiger partial charge in [0.1, 0.15) is 0 Å². The molecule has 0 spiro atoms. The Balaban J connectivity index is 1.22. The summed E-state index contributed by atoms with van der Waals surface area (Å²) in [4.78, 5) is 14.3. The highest BCUT2D eigenvalue weighted by atomic mass is 19.4. The molecule has 4 aliphatic rings. The van der Waals surface area contributed by atoms with Crippen LogP contribution in [0.4, 0.5) is 13.2 Å². The lowest BCUT2D eigenvalue weighted by molar-refractivity contribution is -0.138. The first kappa shape index (κ1) is 16.6. The maximum absolute atomic E-state index is 12.4. The molecule has 3 nitrogen and oxygen atoms in total.